The molecule has 4 fully saturated rings. The summed E-state index contributed by atoms with van der Waals surface area (Å²) in [6.07, 6.45) is 4.86. The van der Waals surface area contributed by atoms with Gasteiger partial charge in [0.1, 0.15) is 34.6 Å². The lowest BCUT2D eigenvalue weighted by atomic mass is 9.90. The van der Waals surface area contributed by atoms with E-state index in [2.05, 4.69) is 141 Å². The molecule has 12 heterocycles. The third-order valence-electron chi connectivity index (χ3n) is 21.8. The highest BCUT2D eigenvalue weighted by Crippen LogP contribution is 2.45. The minimum Gasteiger partial charge on any atom is -0.508 e. The van der Waals surface area contributed by atoms with Gasteiger partial charge in [0.25, 0.3) is 29.5 Å². The molecule has 3 N–H and O–H groups in total. The number of nitrogen functional groups attached to an aromatic ring is 1. The second kappa shape index (κ2) is 54.1. The first-order valence-corrected chi connectivity index (χ1v) is 47.8. The van der Waals surface area contributed by atoms with Crippen LogP contribution in [0.3, 0.4) is 0 Å². The summed E-state index contributed by atoms with van der Waals surface area (Å²) in [6.45, 7) is 23.8. The Morgan fingerprint density at radius 2 is 0.622 bits per heavy atom. The number of anilines is 4. The molecule has 42 nitrogen and oxygen atoms in total. The first-order valence-electron chi connectivity index (χ1n) is 45.5. The van der Waals surface area contributed by atoms with Crippen LogP contribution in [0.1, 0.15) is 123 Å². The van der Waals surface area contributed by atoms with E-state index >= 15 is 0 Å². The van der Waals surface area contributed by atoms with Crippen LogP contribution in [-0.2, 0) is 23.7 Å². The number of phenolic OH excluding ortho intramolecular Hbond substituents is 1. The number of rotatable bonds is 19. The molecule has 13 aromatic rings. The second-order valence-electron chi connectivity index (χ2n) is 34.9. The highest BCUT2D eigenvalue weighted by molar-refractivity contribution is 6.33. The summed E-state index contributed by atoms with van der Waals surface area (Å²) in [5, 5.41) is 8.90. The summed E-state index contributed by atoms with van der Waals surface area (Å²) < 4.78 is 51.3. The highest BCUT2D eigenvalue weighted by Gasteiger charge is 2.50. The number of nitrogens with two attached hydrogens (primary N) is 1. The zero-order valence-corrected chi connectivity index (χ0v) is 89.8. The fourth-order valence-corrected chi connectivity index (χ4v) is 14.3. The molecule has 0 saturated carbocycles. The molecule has 8 aromatic heterocycles. The fourth-order valence-electron chi connectivity index (χ4n) is 13.2. The monoisotopic (exact) mass is 2160 g/mol. The van der Waals surface area contributed by atoms with Gasteiger partial charge < -0.3 is 92.7 Å². The van der Waals surface area contributed by atoms with E-state index in [1.807, 2.05) is 56.1 Å². The number of amides is 5. The molecule has 4 aliphatic heterocycles. The topological polar surface area (TPSA) is 473 Å². The van der Waals surface area contributed by atoms with Gasteiger partial charge in [0.2, 0.25) is 49.5 Å². The van der Waals surface area contributed by atoms with Crippen LogP contribution in [0.2, 0.25) is 31.7 Å². The van der Waals surface area contributed by atoms with Crippen molar-refractivity contribution < 1.29 is 71.7 Å². The highest BCUT2D eigenvalue weighted by atomic mass is 35.5. The number of nitrogens with zero attached hydrogens (tertiary/aromatic N) is 26. The van der Waals surface area contributed by atoms with Gasteiger partial charge in [0, 0.05) is 165 Å². The molecule has 17 rings (SSSR count). The lowest BCUT2D eigenvalue weighted by Crippen LogP contribution is -2.44. The van der Waals surface area contributed by atoms with Gasteiger partial charge >= 0.3 is 24.0 Å². The molecule has 0 bridgehead atoms. The number of ether oxygens (including phenoxy) is 9. The number of hydrogen-bond donors (Lipinski definition) is 2. The van der Waals surface area contributed by atoms with Gasteiger partial charge in [-0.25, -0.2) is 4.98 Å². The number of aryl methyl sites for hydroxylation is 2. The SMILES string of the molecule is CN(C)C(=O)c1ccc(O)cc1.CN(C)C(=O)c1ccc(Oc2nc(Cl)nc(Cl)n2)cc1.C[C@H]1COCCN1c1nc(Cl)nc(Oc2ccc(C(=O)N(C)C)cc2)n1.C[C@H]1COCCN1c1nc(Oc2ccc(C(=O)N(C)C)cc2)nc(-c2ccc(N)nc2)n1.Cc1ccc(-c2nc(Oc3ccc(C(=O)N(C)C)cc3)nc(N3CCOC[C@@H]3C)n2)cn1.Cc1ccc(C2OC(C)(C)C(C)(C)O2)cn1.Cl.Clc1nc(Cl)nc(Cl)n1. The zero-order valence-electron chi connectivity index (χ0n) is 84.5. The number of benzene rings is 5. The van der Waals surface area contributed by atoms with E-state index in [1.165, 1.54) is 36.6 Å². The Labute approximate surface area is 891 Å². The number of phenols is 1. The van der Waals surface area contributed by atoms with Crippen LogP contribution in [0.5, 0.6) is 52.8 Å². The van der Waals surface area contributed by atoms with E-state index in [1.54, 1.807) is 204 Å². The molecule has 782 valence electrons. The first kappa shape index (κ1) is 116. The maximum absolute atomic E-state index is 12.1. The average Bonchev–Trinajstić information content (AvgIpc) is 1.62. The smallest absolute Gasteiger partial charge is 0.328 e. The molecule has 5 aromatic carbocycles. The Morgan fingerprint density at radius 1 is 0.351 bits per heavy atom. The molecular weight excluding hydrogens is 2060 g/mol. The van der Waals surface area contributed by atoms with Gasteiger partial charge in [0.05, 0.1) is 69.0 Å². The molecular formula is C99H112Cl7N27O15. The quantitative estimate of drug-likeness (QED) is 0.0759. The zero-order chi connectivity index (χ0) is 107. The standard InChI is InChI=1S/C23H26N6O3.C22H25N7O3.C17H20ClN5O3.C13H19NO2.C12H10Cl2N4O2.C9H11NO2.C3Cl3N3.ClH/c1-15-5-6-18(13-24-15)20-25-22(29-11-12-31-14-16(29)2)27-23(26-20)32-19-9-7-17(8-10-19)21(30)28(3)4;1-14-13-31-11-10-29(14)21-25-19(16-6-9-18(23)24-12-16)26-22(27-21)32-17-7-4-15(5-8-17)20(30)28(2)3;1-11-10-25-9-8-23(11)16-19-15(18)20-17(21-16)26-13-6-4-12(5-7-13)14(24)22(2)3;1-9-6-7-10(8-14-9)11-15-12(2,3)13(4,5)16-11;1-18(2)9(19)7-3-5-8(6-4-7)20-12-16-10(13)15-11(14)17-12;1-10(2)9(12)7-3-5-8(11)6-4-7;4-1-7-2(5)9-3(6)8-1;/h5-10,13,16H,11-12,14H2,1-4H3;4-9,12,14H,10-11,13H2,1-3H3,(H2,23,24);4-7,11H,8-10H2,1-3H3;6-8,11H,1-5H3;3-6H,1-2H3;3-6,11H,1-2H3;;1H/t16-;14-;11-;;;;;/m000...../s1. The van der Waals surface area contributed by atoms with E-state index in [-0.39, 0.29) is 139 Å². The molecule has 0 unspecified atom stereocenters. The largest absolute Gasteiger partial charge is 0.508 e. The molecule has 49 heteroatoms. The Bertz CT molecular complexity index is 6340. The fraction of sp³-hybridized carbons (Fsp3) is 0.343. The van der Waals surface area contributed by atoms with Crippen molar-refractivity contribution in [1.29, 1.82) is 0 Å². The number of pyridine rings is 3. The summed E-state index contributed by atoms with van der Waals surface area (Å²) in [7, 11) is 17.0. The number of aromatic hydroxyl groups is 1. The number of carbonyl (C=O) groups excluding carboxylic acids is 5. The van der Waals surface area contributed by atoms with E-state index in [0.29, 0.717) is 151 Å². The van der Waals surface area contributed by atoms with Crippen molar-refractivity contribution in [3.8, 4) is 75.6 Å². The molecule has 148 heavy (non-hydrogen) atoms. The van der Waals surface area contributed by atoms with Crippen LogP contribution in [0, 0.1) is 13.8 Å². The molecule has 5 amide bonds. The van der Waals surface area contributed by atoms with Crippen LogP contribution >= 0.6 is 82.0 Å². The van der Waals surface area contributed by atoms with Crippen LogP contribution < -0.4 is 39.4 Å². The van der Waals surface area contributed by atoms with Gasteiger partial charge in [-0.2, -0.15) is 74.8 Å². The summed E-state index contributed by atoms with van der Waals surface area (Å²) in [6, 6.07) is 45.3. The molecule has 0 radical (unpaired) electrons. The molecule has 0 spiro atoms. The van der Waals surface area contributed by atoms with Crippen molar-refractivity contribution in [2.75, 3.05) is 150 Å². The predicted molar refractivity (Wildman–Crippen MR) is 561 cm³/mol. The van der Waals surface area contributed by atoms with Crippen molar-refractivity contribution >= 4 is 135 Å². The average molecular weight is 2170 g/mol. The summed E-state index contributed by atoms with van der Waals surface area (Å²) in [4.78, 5) is 147. The summed E-state index contributed by atoms with van der Waals surface area (Å²) >= 11 is 33.3. The number of hydrogen-bond acceptors (Lipinski definition) is 37. The van der Waals surface area contributed by atoms with Gasteiger partial charge in [-0.3, -0.25) is 33.9 Å². The van der Waals surface area contributed by atoms with E-state index < -0.39 is 0 Å². The Morgan fingerprint density at radius 3 is 0.905 bits per heavy atom. The molecule has 4 saturated heterocycles. The van der Waals surface area contributed by atoms with Crippen LogP contribution in [-0.4, -0.2) is 308 Å². The van der Waals surface area contributed by atoms with E-state index in [9.17, 15) is 24.0 Å². The second-order valence-corrected chi connectivity index (χ2v) is 36.9. The van der Waals surface area contributed by atoms with Crippen molar-refractivity contribution in [2.24, 2.45) is 0 Å². The maximum Gasteiger partial charge on any atom is 0.328 e. The van der Waals surface area contributed by atoms with Gasteiger partial charge in [-0.1, -0.05) is 6.07 Å². The number of halogens is 7. The van der Waals surface area contributed by atoms with E-state index in [4.69, 9.17) is 123 Å². The van der Waals surface area contributed by atoms with Crippen LogP contribution in [0.25, 0.3) is 22.8 Å². The van der Waals surface area contributed by atoms with Gasteiger partial charge in [-0.15, -0.1) is 12.4 Å². The van der Waals surface area contributed by atoms with Gasteiger partial charge in [0.15, 0.2) is 17.9 Å². The van der Waals surface area contributed by atoms with Crippen molar-refractivity contribution in [3.05, 3.63) is 253 Å². The van der Waals surface area contributed by atoms with Crippen molar-refractivity contribution in [1.82, 2.24) is 114 Å². The van der Waals surface area contributed by atoms with Gasteiger partial charge in [-0.05, 0) is 284 Å². The Balaban J connectivity index is 0.000000183. The molecule has 3 atom stereocenters. The van der Waals surface area contributed by atoms with Crippen molar-refractivity contribution in [2.45, 2.75) is 97.9 Å². The first-order chi connectivity index (χ1) is 69.8. The lowest BCUT2D eigenvalue weighted by Gasteiger charge is -2.33. The maximum atomic E-state index is 12.1. The summed E-state index contributed by atoms with van der Waals surface area (Å²) in [5.41, 5.74) is 12.3. The molecule has 4 aliphatic rings. The summed E-state index contributed by atoms with van der Waals surface area (Å²) in [5.74, 6) is 4.57. The lowest BCUT2D eigenvalue weighted by molar-refractivity contribution is -0.0897. The molecule has 0 aliphatic carbocycles. The van der Waals surface area contributed by atoms with E-state index in [0.717, 1.165) is 22.5 Å². The predicted octanol–water partition coefficient (Wildman–Crippen LogP) is 16.5. The third kappa shape index (κ3) is 34.0. The Hall–Kier alpha value is -14.0. The number of morpholine rings is 3. The van der Waals surface area contributed by atoms with Crippen LogP contribution in [0.15, 0.2) is 176 Å². The Kier molecular flexibility index (Phi) is 42.3. The minimum absolute atomic E-state index is 0. The van der Waals surface area contributed by atoms with Crippen LogP contribution in [0.4, 0.5) is 23.7 Å². The minimum atomic E-state index is -0.307. The number of carbonyl (C=O) groups is 5. The van der Waals surface area contributed by atoms with Crippen molar-refractivity contribution in [3.63, 3.8) is 0 Å². The third-order valence-corrected chi connectivity index (χ3v) is 22.8. The number of aromatic nitrogens is 18. The normalized spacial score (nSPS) is 15.2.